The fraction of sp³-hybridized carbons (Fsp3) is 0. The summed E-state index contributed by atoms with van der Waals surface area (Å²) in [5.74, 6) is -0.959. The van der Waals surface area contributed by atoms with Gasteiger partial charge in [0.25, 0.3) is 0 Å². The van der Waals surface area contributed by atoms with E-state index >= 15 is 0 Å². The van der Waals surface area contributed by atoms with Crippen molar-refractivity contribution < 1.29 is 9.90 Å². The second-order valence-electron chi connectivity index (χ2n) is 4.38. The van der Waals surface area contributed by atoms with E-state index in [-0.39, 0.29) is 5.56 Å². The third-order valence-corrected chi connectivity index (χ3v) is 3.34. The number of carboxylic acid groups (broad SMARTS) is 1. The normalized spacial score (nSPS) is 10.7. The number of aromatic nitrogens is 1. The lowest BCUT2D eigenvalue weighted by molar-refractivity contribution is 0.0699. The van der Waals surface area contributed by atoms with Crippen LogP contribution in [-0.4, -0.2) is 16.1 Å². The molecule has 0 amide bonds. The Labute approximate surface area is 120 Å². The molecule has 4 heteroatoms. The van der Waals surface area contributed by atoms with Crippen LogP contribution >= 0.6 is 11.6 Å². The van der Waals surface area contributed by atoms with Crippen molar-refractivity contribution in [3.05, 3.63) is 65.2 Å². The van der Waals surface area contributed by atoms with E-state index in [9.17, 15) is 9.90 Å². The van der Waals surface area contributed by atoms with Gasteiger partial charge in [-0.15, -0.1) is 0 Å². The van der Waals surface area contributed by atoms with Crippen molar-refractivity contribution in [3.63, 3.8) is 0 Å². The Balaban J connectivity index is 2.27. The molecule has 0 saturated heterocycles. The highest BCUT2D eigenvalue weighted by atomic mass is 35.5. The average molecular weight is 284 g/mol. The molecule has 98 valence electrons. The molecular weight excluding hydrogens is 274 g/mol. The molecule has 0 radical (unpaired) electrons. The van der Waals surface area contributed by atoms with E-state index in [1.807, 2.05) is 18.2 Å². The summed E-state index contributed by atoms with van der Waals surface area (Å²) >= 11 is 5.86. The van der Waals surface area contributed by atoms with Gasteiger partial charge in [0.1, 0.15) is 0 Å². The molecule has 0 aliphatic carbocycles. The standard InChI is InChI=1S/C16H10ClNO2/c17-11-7-5-10(6-8-11)15-9-13(16(19)20)12-3-1-2-4-14(12)18-15/h1-9H,(H,19,20). The van der Waals surface area contributed by atoms with Crippen LogP contribution in [0.15, 0.2) is 54.6 Å². The number of halogens is 1. The lowest BCUT2D eigenvalue weighted by Crippen LogP contribution is -2.00. The zero-order valence-electron chi connectivity index (χ0n) is 10.4. The summed E-state index contributed by atoms with van der Waals surface area (Å²) in [5.41, 5.74) is 2.37. The van der Waals surface area contributed by atoms with Crippen LogP contribution in [0.2, 0.25) is 5.02 Å². The third-order valence-electron chi connectivity index (χ3n) is 3.09. The van der Waals surface area contributed by atoms with Gasteiger partial charge in [-0.25, -0.2) is 9.78 Å². The molecule has 20 heavy (non-hydrogen) atoms. The molecular formula is C16H10ClNO2. The first-order chi connectivity index (χ1) is 9.65. The topological polar surface area (TPSA) is 50.2 Å². The molecule has 0 aliphatic rings. The lowest BCUT2D eigenvalue weighted by atomic mass is 10.0. The van der Waals surface area contributed by atoms with Crippen molar-refractivity contribution in [1.82, 2.24) is 4.98 Å². The molecule has 3 nitrogen and oxygen atoms in total. The van der Waals surface area contributed by atoms with Gasteiger partial charge in [-0.05, 0) is 24.3 Å². The lowest BCUT2D eigenvalue weighted by Gasteiger charge is -2.07. The maximum atomic E-state index is 11.4. The number of nitrogens with zero attached hydrogens (tertiary/aromatic N) is 1. The molecule has 0 saturated carbocycles. The predicted molar refractivity (Wildman–Crippen MR) is 79.1 cm³/mol. The van der Waals surface area contributed by atoms with E-state index in [4.69, 9.17) is 11.6 Å². The minimum atomic E-state index is -0.959. The van der Waals surface area contributed by atoms with E-state index < -0.39 is 5.97 Å². The van der Waals surface area contributed by atoms with Gasteiger partial charge in [0.2, 0.25) is 0 Å². The van der Waals surface area contributed by atoms with Gasteiger partial charge in [0.05, 0.1) is 16.8 Å². The van der Waals surface area contributed by atoms with Gasteiger partial charge in [-0.1, -0.05) is 41.9 Å². The average Bonchev–Trinajstić information content (AvgIpc) is 2.46. The predicted octanol–water partition coefficient (Wildman–Crippen LogP) is 4.25. The molecule has 1 aromatic heterocycles. The molecule has 2 aromatic carbocycles. The maximum Gasteiger partial charge on any atom is 0.336 e. The molecule has 0 fully saturated rings. The Hall–Kier alpha value is -2.39. The van der Waals surface area contributed by atoms with Crippen molar-refractivity contribution in [2.24, 2.45) is 0 Å². The number of carbonyl (C=O) groups is 1. The number of para-hydroxylation sites is 1. The number of aromatic carboxylic acids is 1. The number of fused-ring (bicyclic) bond motifs is 1. The van der Waals surface area contributed by atoms with Gasteiger partial charge < -0.3 is 5.11 Å². The number of rotatable bonds is 2. The van der Waals surface area contributed by atoms with Crippen molar-refractivity contribution in [3.8, 4) is 11.3 Å². The molecule has 0 spiro atoms. The van der Waals surface area contributed by atoms with Crippen LogP contribution in [0, 0.1) is 0 Å². The maximum absolute atomic E-state index is 11.4. The number of carboxylic acids is 1. The molecule has 1 heterocycles. The molecule has 3 aromatic rings. The van der Waals surface area contributed by atoms with E-state index in [1.54, 1.807) is 36.4 Å². The van der Waals surface area contributed by atoms with Gasteiger partial charge in [0, 0.05) is 16.0 Å². The zero-order valence-corrected chi connectivity index (χ0v) is 11.1. The van der Waals surface area contributed by atoms with Crippen LogP contribution in [0.25, 0.3) is 22.2 Å². The van der Waals surface area contributed by atoms with Crippen LogP contribution < -0.4 is 0 Å². The Morgan fingerprint density at radius 2 is 1.75 bits per heavy atom. The van der Waals surface area contributed by atoms with Crippen molar-refractivity contribution in [2.45, 2.75) is 0 Å². The quantitative estimate of drug-likeness (QED) is 0.765. The number of hydrogen-bond acceptors (Lipinski definition) is 2. The van der Waals surface area contributed by atoms with Crippen LogP contribution in [0.1, 0.15) is 10.4 Å². The van der Waals surface area contributed by atoms with E-state index in [0.717, 1.165) is 5.56 Å². The van der Waals surface area contributed by atoms with Crippen LogP contribution in [0.5, 0.6) is 0 Å². The zero-order chi connectivity index (χ0) is 14.1. The first-order valence-corrected chi connectivity index (χ1v) is 6.42. The summed E-state index contributed by atoms with van der Waals surface area (Å²) < 4.78 is 0. The first kappa shape index (κ1) is 12.6. The van der Waals surface area contributed by atoms with Gasteiger partial charge >= 0.3 is 5.97 Å². The smallest absolute Gasteiger partial charge is 0.336 e. The molecule has 0 unspecified atom stereocenters. The fourth-order valence-corrected chi connectivity index (χ4v) is 2.25. The van der Waals surface area contributed by atoms with E-state index in [0.29, 0.717) is 21.6 Å². The molecule has 0 atom stereocenters. The minimum Gasteiger partial charge on any atom is -0.478 e. The summed E-state index contributed by atoms with van der Waals surface area (Å²) in [6, 6.07) is 16.0. The highest BCUT2D eigenvalue weighted by Crippen LogP contribution is 2.25. The van der Waals surface area contributed by atoms with Gasteiger partial charge in [-0.2, -0.15) is 0 Å². The summed E-state index contributed by atoms with van der Waals surface area (Å²) in [6.45, 7) is 0. The van der Waals surface area contributed by atoms with E-state index in [2.05, 4.69) is 4.98 Å². The SMILES string of the molecule is O=C(O)c1cc(-c2ccc(Cl)cc2)nc2ccccc12. The number of benzene rings is 2. The van der Waals surface area contributed by atoms with Crippen LogP contribution in [0.3, 0.4) is 0 Å². The van der Waals surface area contributed by atoms with E-state index in [1.165, 1.54) is 0 Å². The van der Waals surface area contributed by atoms with Gasteiger partial charge in [0.15, 0.2) is 0 Å². The highest BCUT2D eigenvalue weighted by Gasteiger charge is 2.12. The monoisotopic (exact) mass is 283 g/mol. The Morgan fingerprint density at radius 3 is 2.45 bits per heavy atom. The number of pyridine rings is 1. The van der Waals surface area contributed by atoms with Crippen molar-refractivity contribution >= 4 is 28.5 Å². The summed E-state index contributed by atoms with van der Waals surface area (Å²) in [6.07, 6.45) is 0. The molecule has 0 aliphatic heterocycles. The second kappa shape index (κ2) is 4.94. The Kier molecular flexibility index (Phi) is 3.12. The highest BCUT2D eigenvalue weighted by molar-refractivity contribution is 6.30. The minimum absolute atomic E-state index is 0.251. The fourth-order valence-electron chi connectivity index (χ4n) is 2.12. The molecule has 1 N–H and O–H groups in total. The summed E-state index contributed by atoms with van der Waals surface area (Å²) in [5, 5.41) is 10.6. The Bertz CT molecular complexity index is 797. The number of hydrogen-bond donors (Lipinski definition) is 1. The van der Waals surface area contributed by atoms with Gasteiger partial charge in [-0.3, -0.25) is 0 Å². The second-order valence-corrected chi connectivity index (χ2v) is 4.82. The summed E-state index contributed by atoms with van der Waals surface area (Å²) in [7, 11) is 0. The molecule has 3 rings (SSSR count). The molecule has 0 bridgehead atoms. The van der Waals surface area contributed by atoms with Crippen LogP contribution in [-0.2, 0) is 0 Å². The summed E-state index contributed by atoms with van der Waals surface area (Å²) in [4.78, 5) is 15.9. The largest absolute Gasteiger partial charge is 0.478 e. The first-order valence-electron chi connectivity index (χ1n) is 6.04. The van der Waals surface area contributed by atoms with Crippen molar-refractivity contribution in [2.75, 3.05) is 0 Å². The van der Waals surface area contributed by atoms with Crippen molar-refractivity contribution in [1.29, 1.82) is 0 Å². The van der Waals surface area contributed by atoms with Crippen LogP contribution in [0.4, 0.5) is 0 Å². The Morgan fingerprint density at radius 1 is 1.05 bits per heavy atom. The third kappa shape index (κ3) is 2.24.